The molecule has 1 aromatic carbocycles. The SMILES string of the molecule is CCC[C@@](c1cccc([N+](=O)[O-])c1)(N1CCC(=O)N1)C(F)(F)F. The molecule has 1 aliphatic rings. The molecule has 6 nitrogen and oxygen atoms in total. The van der Waals surface area contributed by atoms with Gasteiger partial charge in [-0.15, -0.1) is 0 Å². The highest BCUT2D eigenvalue weighted by Gasteiger charge is 2.60. The maximum atomic E-state index is 14.0. The van der Waals surface area contributed by atoms with Crippen LogP contribution in [0.15, 0.2) is 24.3 Å². The smallest absolute Gasteiger partial charge is 0.288 e. The average Bonchev–Trinajstić information content (AvgIpc) is 2.90. The Hall–Kier alpha value is -2.16. The molecule has 0 aliphatic carbocycles. The molecule has 0 spiro atoms. The Labute approximate surface area is 130 Å². The molecule has 1 heterocycles. The summed E-state index contributed by atoms with van der Waals surface area (Å²) in [6.45, 7) is 1.48. The minimum absolute atomic E-state index is 0.0452. The molecule has 1 aromatic rings. The summed E-state index contributed by atoms with van der Waals surface area (Å²) in [5.41, 5.74) is -0.914. The molecule has 0 saturated carbocycles. The number of non-ortho nitro benzene ring substituents is 1. The van der Waals surface area contributed by atoms with Crippen LogP contribution >= 0.6 is 0 Å². The molecular formula is C14H16F3N3O3. The van der Waals surface area contributed by atoms with Gasteiger partial charge in [0.15, 0.2) is 5.54 Å². The molecule has 0 radical (unpaired) electrons. The van der Waals surface area contributed by atoms with Crippen molar-refractivity contribution in [3.8, 4) is 0 Å². The highest BCUT2D eigenvalue weighted by Crippen LogP contribution is 2.47. The lowest BCUT2D eigenvalue weighted by Gasteiger charge is -2.42. The van der Waals surface area contributed by atoms with E-state index in [2.05, 4.69) is 5.43 Å². The molecule has 23 heavy (non-hydrogen) atoms. The molecule has 0 unspecified atom stereocenters. The number of benzene rings is 1. The van der Waals surface area contributed by atoms with Crippen molar-refractivity contribution >= 4 is 11.6 Å². The van der Waals surface area contributed by atoms with Crippen LogP contribution in [-0.2, 0) is 10.3 Å². The number of carbonyl (C=O) groups excluding carboxylic acids is 1. The molecular weight excluding hydrogens is 315 g/mol. The number of nitrogens with zero attached hydrogens (tertiary/aromatic N) is 2. The lowest BCUT2D eigenvalue weighted by Crippen LogP contribution is -2.59. The quantitative estimate of drug-likeness (QED) is 0.665. The third-order valence-corrected chi connectivity index (χ3v) is 3.90. The zero-order valence-electron chi connectivity index (χ0n) is 12.4. The molecule has 0 bridgehead atoms. The van der Waals surface area contributed by atoms with Crippen molar-refractivity contribution in [2.24, 2.45) is 0 Å². The number of carbonyl (C=O) groups is 1. The lowest BCUT2D eigenvalue weighted by molar-refractivity contribution is -0.385. The molecule has 1 N–H and O–H groups in total. The Kier molecular flexibility index (Phi) is 4.60. The van der Waals surface area contributed by atoms with Crippen molar-refractivity contribution in [2.75, 3.05) is 6.54 Å². The van der Waals surface area contributed by atoms with E-state index in [1.54, 1.807) is 6.92 Å². The van der Waals surface area contributed by atoms with E-state index < -0.39 is 28.2 Å². The average molecular weight is 331 g/mol. The number of nitrogens with one attached hydrogen (secondary N) is 1. The van der Waals surface area contributed by atoms with Crippen LogP contribution in [0.25, 0.3) is 0 Å². The van der Waals surface area contributed by atoms with Crippen molar-refractivity contribution in [1.29, 1.82) is 0 Å². The van der Waals surface area contributed by atoms with Crippen molar-refractivity contribution in [3.63, 3.8) is 0 Å². The van der Waals surface area contributed by atoms with Gasteiger partial charge in [0, 0.05) is 25.1 Å². The first-order valence-electron chi connectivity index (χ1n) is 7.11. The van der Waals surface area contributed by atoms with Crippen molar-refractivity contribution in [1.82, 2.24) is 10.4 Å². The number of rotatable bonds is 5. The van der Waals surface area contributed by atoms with Gasteiger partial charge in [-0.2, -0.15) is 13.2 Å². The topological polar surface area (TPSA) is 75.5 Å². The summed E-state index contributed by atoms with van der Waals surface area (Å²) < 4.78 is 42.0. The molecule has 1 atom stereocenters. The maximum Gasteiger partial charge on any atom is 0.412 e. The number of alkyl halides is 3. The van der Waals surface area contributed by atoms with Crippen molar-refractivity contribution < 1.29 is 22.9 Å². The molecule has 1 fully saturated rings. The van der Waals surface area contributed by atoms with E-state index in [1.165, 1.54) is 12.1 Å². The first-order chi connectivity index (χ1) is 10.7. The Morgan fingerprint density at radius 2 is 2.09 bits per heavy atom. The van der Waals surface area contributed by atoms with Crippen LogP contribution in [0.2, 0.25) is 0 Å². The largest absolute Gasteiger partial charge is 0.412 e. The van der Waals surface area contributed by atoms with Gasteiger partial charge < -0.3 is 0 Å². The van der Waals surface area contributed by atoms with Gasteiger partial charge in [-0.25, -0.2) is 5.01 Å². The van der Waals surface area contributed by atoms with Crippen LogP contribution in [0.5, 0.6) is 0 Å². The second kappa shape index (κ2) is 6.15. The minimum atomic E-state index is -4.71. The normalized spacial score (nSPS) is 18.5. The van der Waals surface area contributed by atoms with Crippen LogP contribution in [0.3, 0.4) is 0 Å². The Morgan fingerprint density at radius 1 is 1.39 bits per heavy atom. The Morgan fingerprint density at radius 3 is 2.57 bits per heavy atom. The van der Waals surface area contributed by atoms with Crippen molar-refractivity contribution in [3.05, 3.63) is 39.9 Å². The van der Waals surface area contributed by atoms with E-state index in [1.807, 2.05) is 0 Å². The fourth-order valence-electron chi connectivity index (χ4n) is 2.89. The number of hydrazine groups is 1. The zero-order chi connectivity index (χ0) is 17.3. The van der Waals surface area contributed by atoms with E-state index in [0.29, 0.717) is 0 Å². The van der Waals surface area contributed by atoms with Gasteiger partial charge in [0.1, 0.15) is 0 Å². The van der Waals surface area contributed by atoms with Crippen LogP contribution in [0, 0.1) is 10.1 Å². The van der Waals surface area contributed by atoms with Crippen LogP contribution in [0.4, 0.5) is 18.9 Å². The van der Waals surface area contributed by atoms with E-state index in [-0.39, 0.29) is 31.4 Å². The highest BCUT2D eigenvalue weighted by molar-refractivity contribution is 5.77. The first kappa shape index (κ1) is 17.2. The molecule has 1 saturated heterocycles. The number of amides is 1. The summed E-state index contributed by atoms with van der Waals surface area (Å²) in [5.74, 6) is -0.500. The van der Waals surface area contributed by atoms with Crippen LogP contribution in [0.1, 0.15) is 31.7 Å². The van der Waals surface area contributed by atoms with Crippen LogP contribution in [-0.4, -0.2) is 28.6 Å². The fourth-order valence-corrected chi connectivity index (χ4v) is 2.89. The second-order valence-electron chi connectivity index (χ2n) is 5.35. The maximum absolute atomic E-state index is 14.0. The molecule has 126 valence electrons. The predicted octanol–water partition coefficient (Wildman–Crippen LogP) is 2.89. The number of halogens is 3. The summed E-state index contributed by atoms with van der Waals surface area (Å²) >= 11 is 0. The lowest BCUT2D eigenvalue weighted by atomic mass is 9.83. The summed E-state index contributed by atoms with van der Waals surface area (Å²) in [6, 6.07) is 4.49. The van der Waals surface area contributed by atoms with Crippen molar-refractivity contribution in [2.45, 2.75) is 37.9 Å². The van der Waals surface area contributed by atoms with Gasteiger partial charge in [0.25, 0.3) is 5.69 Å². The third-order valence-electron chi connectivity index (χ3n) is 3.90. The van der Waals surface area contributed by atoms with Gasteiger partial charge in [0.05, 0.1) is 4.92 Å². The summed E-state index contributed by atoms with van der Waals surface area (Å²) in [6.07, 6.45) is -4.89. The van der Waals surface area contributed by atoms with Gasteiger partial charge in [-0.3, -0.25) is 20.3 Å². The van der Waals surface area contributed by atoms with E-state index >= 15 is 0 Å². The van der Waals surface area contributed by atoms with E-state index in [4.69, 9.17) is 0 Å². The standard InChI is InChI=1S/C14H16F3N3O3/c1-2-7-13(14(15,16)17,19-8-6-12(21)18-19)10-4-3-5-11(9-10)20(22)23/h3-5,9H,2,6-8H2,1H3,(H,18,21)/t13-/m0/s1. The molecule has 0 aromatic heterocycles. The molecule has 2 rings (SSSR count). The van der Waals surface area contributed by atoms with Gasteiger partial charge in [-0.1, -0.05) is 25.5 Å². The molecule has 1 aliphatic heterocycles. The molecule has 9 heteroatoms. The van der Waals surface area contributed by atoms with Crippen LogP contribution < -0.4 is 5.43 Å². The minimum Gasteiger partial charge on any atom is -0.288 e. The fraction of sp³-hybridized carbons (Fsp3) is 0.500. The Bertz CT molecular complexity index is 621. The summed E-state index contributed by atoms with van der Waals surface area (Å²) in [5, 5.41) is 11.8. The summed E-state index contributed by atoms with van der Waals surface area (Å²) in [4.78, 5) is 21.6. The third kappa shape index (κ3) is 3.00. The number of hydrogen-bond donors (Lipinski definition) is 1. The van der Waals surface area contributed by atoms with E-state index in [0.717, 1.165) is 17.1 Å². The molecule has 1 amide bonds. The summed E-state index contributed by atoms with van der Waals surface area (Å²) in [7, 11) is 0. The highest BCUT2D eigenvalue weighted by atomic mass is 19.4. The predicted molar refractivity (Wildman–Crippen MR) is 75.2 cm³/mol. The van der Waals surface area contributed by atoms with Gasteiger partial charge in [0.2, 0.25) is 5.91 Å². The second-order valence-corrected chi connectivity index (χ2v) is 5.35. The number of hydrogen-bond acceptors (Lipinski definition) is 4. The number of nitro groups is 1. The number of nitro benzene ring substituents is 1. The zero-order valence-corrected chi connectivity index (χ0v) is 12.4. The monoisotopic (exact) mass is 331 g/mol. The van der Waals surface area contributed by atoms with Gasteiger partial charge >= 0.3 is 6.18 Å². The van der Waals surface area contributed by atoms with E-state index in [9.17, 15) is 28.1 Å². The Balaban J connectivity index is 2.62. The van der Waals surface area contributed by atoms with Gasteiger partial charge in [-0.05, 0) is 12.0 Å². The first-order valence-corrected chi connectivity index (χ1v) is 7.11.